The minimum atomic E-state index is -0.348. The van der Waals surface area contributed by atoms with E-state index in [0.29, 0.717) is 17.6 Å². The average molecular weight is 247 g/mol. The molecule has 1 amide bonds. The van der Waals surface area contributed by atoms with Crippen LogP contribution >= 0.6 is 0 Å². The summed E-state index contributed by atoms with van der Waals surface area (Å²) in [7, 11) is 0. The molecule has 18 heavy (non-hydrogen) atoms. The third-order valence-corrected chi connectivity index (χ3v) is 3.75. The summed E-state index contributed by atoms with van der Waals surface area (Å²) in [5, 5.41) is 2.87. The van der Waals surface area contributed by atoms with Crippen LogP contribution in [-0.4, -0.2) is 12.6 Å². The summed E-state index contributed by atoms with van der Waals surface area (Å²) in [6.07, 6.45) is 4.75. The Morgan fingerprint density at radius 2 is 2.00 bits per heavy atom. The lowest BCUT2D eigenvalue weighted by Crippen LogP contribution is -2.35. The molecule has 98 valence electrons. The molecule has 1 aliphatic carbocycles. The van der Waals surface area contributed by atoms with Gasteiger partial charge in [-0.15, -0.1) is 0 Å². The molecular weight excluding hydrogens is 226 g/mol. The van der Waals surface area contributed by atoms with E-state index in [1.165, 1.54) is 25.7 Å². The molecular formula is C15H21NO2. The van der Waals surface area contributed by atoms with Crippen molar-refractivity contribution in [3.05, 3.63) is 30.3 Å². The van der Waals surface area contributed by atoms with Gasteiger partial charge in [-0.05, 0) is 30.4 Å². The molecule has 0 aliphatic heterocycles. The molecule has 0 bridgehead atoms. The Balaban J connectivity index is 1.74. The van der Waals surface area contributed by atoms with Crippen molar-refractivity contribution in [2.45, 2.75) is 32.6 Å². The predicted molar refractivity (Wildman–Crippen MR) is 71.6 cm³/mol. The fourth-order valence-electron chi connectivity index (χ4n) is 2.54. The van der Waals surface area contributed by atoms with Crippen LogP contribution in [0.15, 0.2) is 30.3 Å². The van der Waals surface area contributed by atoms with E-state index in [1.54, 1.807) is 12.1 Å². The lowest BCUT2D eigenvalue weighted by molar-refractivity contribution is 0.190. The van der Waals surface area contributed by atoms with Crippen LogP contribution in [0, 0.1) is 11.8 Å². The number of para-hydroxylation sites is 1. The molecule has 3 nitrogen and oxygen atoms in total. The van der Waals surface area contributed by atoms with Crippen molar-refractivity contribution in [3.8, 4) is 5.75 Å². The Kier molecular flexibility index (Phi) is 4.62. The van der Waals surface area contributed by atoms with Gasteiger partial charge in [0.2, 0.25) is 0 Å². The number of carbonyl (C=O) groups is 1. The molecule has 0 aromatic heterocycles. The summed E-state index contributed by atoms with van der Waals surface area (Å²) >= 11 is 0. The highest BCUT2D eigenvalue weighted by Crippen LogP contribution is 2.28. The van der Waals surface area contributed by atoms with Crippen LogP contribution in [-0.2, 0) is 0 Å². The quantitative estimate of drug-likeness (QED) is 0.886. The molecule has 3 heteroatoms. The minimum absolute atomic E-state index is 0.348. The minimum Gasteiger partial charge on any atom is -0.410 e. The van der Waals surface area contributed by atoms with Crippen LogP contribution in [0.5, 0.6) is 5.75 Å². The van der Waals surface area contributed by atoms with Crippen molar-refractivity contribution in [2.24, 2.45) is 11.8 Å². The molecule has 1 aromatic rings. The highest BCUT2D eigenvalue weighted by atomic mass is 16.5. The largest absolute Gasteiger partial charge is 0.412 e. The van der Waals surface area contributed by atoms with Crippen molar-refractivity contribution in [3.63, 3.8) is 0 Å². The van der Waals surface area contributed by atoms with Gasteiger partial charge in [0.15, 0.2) is 0 Å². The van der Waals surface area contributed by atoms with Gasteiger partial charge in [-0.2, -0.15) is 0 Å². The van der Waals surface area contributed by atoms with Crippen molar-refractivity contribution in [1.82, 2.24) is 5.32 Å². The molecule has 2 atom stereocenters. The summed E-state index contributed by atoms with van der Waals surface area (Å²) in [5.41, 5.74) is 0. The molecule has 1 saturated carbocycles. The van der Waals surface area contributed by atoms with E-state index in [0.717, 1.165) is 6.54 Å². The van der Waals surface area contributed by atoms with Crippen LogP contribution in [0.4, 0.5) is 4.79 Å². The van der Waals surface area contributed by atoms with Crippen LogP contribution in [0.25, 0.3) is 0 Å². The van der Waals surface area contributed by atoms with E-state index in [-0.39, 0.29) is 6.09 Å². The molecule has 0 spiro atoms. The number of carbonyl (C=O) groups excluding carboxylic acids is 1. The Hall–Kier alpha value is -1.51. The zero-order chi connectivity index (χ0) is 12.8. The lowest BCUT2D eigenvalue weighted by Gasteiger charge is -2.28. The molecule has 0 saturated heterocycles. The Morgan fingerprint density at radius 3 is 2.72 bits per heavy atom. The summed E-state index contributed by atoms with van der Waals surface area (Å²) in [6.45, 7) is 3.00. The molecule has 0 radical (unpaired) electrons. The summed E-state index contributed by atoms with van der Waals surface area (Å²) in [4.78, 5) is 11.6. The van der Waals surface area contributed by atoms with Gasteiger partial charge in [0.25, 0.3) is 0 Å². The van der Waals surface area contributed by atoms with Crippen molar-refractivity contribution >= 4 is 6.09 Å². The van der Waals surface area contributed by atoms with Gasteiger partial charge in [-0.25, -0.2) is 4.79 Å². The summed E-state index contributed by atoms with van der Waals surface area (Å²) in [6, 6.07) is 9.16. The van der Waals surface area contributed by atoms with Gasteiger partial charge in [0.05, 0.1) is 0 Å². The van der Waals surface area contributed by atoms with Crippen molar-refractivity contribution in [2.75, 3.05) is 6.54 Å². The summed E-state index contributed by atoms with van der Waals surface area (Å²) < 4.78 is 5.19. The number of ether oxygens (including phenoxy) is 1. The highest BCUT2D eigenvalue weighted by molar-refractivity contribution is 5.70. The second-order valence-electron chi connectivity index (χ2n) is 5.11. The standard InChI is InChI=1S/C15H21NO2/c1-12-7-5-6-8-13(12)11-16-15(17)18-14-9-3-2-4-10-14/h2-4,9-10,12-13H,5-8,11H2,1H3,(H,16,17). The van der Waals surface area contributed by atoms with E-state index in [4.69, 9.17) is 4.74 Å². The fraction of sp³-hybridized carbons (Fsp3) is 0.533. The number of nitrogens with one attached hydrogen (secondary N) is 1. The topological polar surface area (TPSA) is 38.3 Å². The zero-order valence-electron chi connectivity index (χ0n) is 10.9. The second kappa shape index (κ2) is 6.43. The Labute approximate surface area is 109 Å². The monoisotopic (exact) mass is 247 g/mol. The second-order valence-corrected chi connectivity index (χ2v) is 5.11. The lowest BCUT2D eigenvalue weighted by atomic mass is 9.80. The van der Waals surface area contributed by atoms with E-state index in [1.807, 2.05) is 18.2 Å². The molecule has 0 heterocycles. The van der Waals surface area contributed by atoms with Crippen LogP contribution in [0.3, 0.4) is 0 Å². The summed E-state index contributed by atoms with van der Waals surface area (Å²) in [5.74, 6) is 1.89. The maximum absolute atomic E-state index is 11.6. The average Bonchev–Trinajstić information content (AvgIpc) is 2.39. The molecule has 1 N–H and O–H groups in total. The third kappa shape index (κ3) is 3.76. The molecule has 1 fully saturated rings. The number of hydrogen-bond acceptors (Lipinski definition) is 2. The molecule has 2 unspecified atom stereocenters. The normalized spacial score (nSPS) is 23.4. The Morgan fingerprint density at radius 1 is 1.28 bits per heavy atom. The number of hydrogen-bond donors (Lipinski definition) is 1. The Bertz CT molecular complexity index is 377. The number of amides is 1. The number of rotatable bonds is 3. The van der Waals surface area contributed by atoms with E-state index < -0.39 is 0 Å². The van der Waals surface area contributed by atoms with Crippen LogP contribution < -0.4 is 10.1 Å². The van der Waals surface area contributed by atoms with Crippen molar-refractivity contribution in [1.29, 1.82) is 0 Å². The van der Waals surface area contributed by atoms with Gasteiger partial charge in [0, 0.05) is 6.54 Å². The molecule has 1 aliphatic rings. The van der Waals surface area contributed by atoms with E-state index in [2.05, 4.69) is 12.2 Å². The predicted octanol–water partition coefficient (Wildman–Crippen LogP) is 3.60. The first-order chi connectivity index (χ1) is 8.75. The maximum Gasteiger partial charge on any atom is 0.412 e. The SMILES string of the molecule is CC1CCCCC1CNC(=O)Oc1ccccc1. The van der Waals surface area contributed by atoms with Gasteiger partial charge in [-0.3, -0.25) is 0 Å². The third-order valence-electron chi connectivity index (χ3n) is 3.75. The highest BCUT2D eigenvalue weighted by Gasteiger charge is 2.21. The van der Waals surface area contributed by atoms with Gasteiger partial charge in [-0.1, -0.05) is 44.4 Å². The smallest absolute Gasteiger partial charge is 0.410 e. The van der Waals surface area contributed by atoms with Crippen molar-refractivity contribution < 1.29 is 9.53 Å². The van der Waals surface area contributed by atoms with Gasteiger partial charge in [0.1, 0.15) is 5.75 Å². The van der Waals surface area contributed by atoms with E-state index in [9.17, 15) is 4.79 Å². The van der Waals surface area contributed by atoms with E-state index >= 15 is 0 Å². The van der Waals surface area contributed by atoms with Gasteiger partial charge >= 0.3 is 6.09 Å². The molecule has 2 rings (SSSR count). The first kappa shape index (κ1) is 12.9. The van der Waals surface area contributed by atoms with Crippen LogP contribution in [0.1, 0.15) is 32.6 Å². The first-order valence-corrected chi connectivity index (χ1v) is 6.76. The number of benzene rings is 1. The maximum atomic E-state index is 11.6. The fourth-order valence-corrected chi connectivity index (χ4v) is 2.54. The van der Waals surface area contributed by atoms with Gasteiger partial charge < -0.3 is 10.1 Å². The molecule has 1 aromatic carbocycles. The van der Waals surface area contributed by atoms with Crippen LogP contribution in [0.2, 0.25) is 0 Å². The zero-order valence-corrected chi connectivity index (χ0v) is 10.9. The first-order valence-electron chi connectivity index (χ1n) is 6.76.